The first-order chi connectivity index (χ1) is 7.76. The van der Waals surface area contributed by atoms with Crippen molar-refractivity contribution in [3.8, 4) is 23.0 Å². The summed E-state index contributed by atoms with van der Waals surface area (Å²) < 4.78 is 21.0. The summed E-state index contributed by atoms with van der Waals surface area (Å²) in [4.78, 5) is 0. The summed E-state index contributed by atoms with van der Waals surface area (Å²) in [6.45, 7) is 0.831. The second-order valence-corrected chi connectivity index (χ2v) is 3.00. The third-order valence-electron chi connectivity index (χ3n) is 2.03. The van der Waals surface area contributed by atoms with E-state index in [0.717, 1.165) is 0 Å². The van der Waals surface area contributed by atoms with Gasteiger partial charge in [0.05, 0.1) is 21.3 Å². The molecule has 0 aromatic heterocycles. The molecule has 0 spiro atoms. The van der Waals surface area contributed by atoms with E-state index in [4.69, 9.17) is 24.7 Å². The van der Waals surface area contributed by atoms with Gasteiger partial charge in [-0.1, -0.05) is 0 Å². The van der Waals surface area contributed by atoms with Gasteiger partial charge in [-0.05, 0) is 0 Å². The monoisotopic (exact) mass is 227 g/mol. The molecule has 90 valence electrons. The molecule has 0 unspecified atom stereocenters. The first-order valence-electron chi connectivity index (χ1n) is 4.89. The Kier molecular flexibility index (Phi) is 4.72. The summed E-state index contributed by atoms with van der Waals surface area (Å²) in [6, 6.07) is 3.46. The largest absolute Gasteiger partial charge is 0.496 e. The molecule has 1 aromatic rings. The van der Waals surface area contributed by atoms with E-state index in [-0.39, 0.29) is 0 Å². The van der Waals surface area contributed by atoms with E-state index in [0.29, 0.717) is 36.1 Å². The van der Waals surface area contributed by atoms with Crippen LogP contribution >= 0.6 is 0 Å². The van der Waals surface area contributed by atoms with Crippen molar-refractivity contribution in [2.45, 2.75) is 0 Å². The van der Waals surface area contributed by atoms with E-state index in [9.17, 15) is 0 Å². The molecular weight excluding hydrogens is 210 g/mol. The molecule has 0 aliphatic rings. The molecule has 16 heavy (non-hydrogen) atoms. The molecule has 1 aromatic carbocycles. The predicted octanol–water partition coefficient (Wildman–Crippen LogP) is 1.05. The van der Waals surface area contributed by atoms with Crippen molar-refractivity contribution < 1.29 is 18.9 Å². The van der Waals surface area contributed by atoms with Crippen LogP contribution in [-0.4, -0.2) is 34.5 Å². The second kappa shape index (κ2) is 6.07. The summed E-state index contributed by atoms with van der Waals surface area (Å²) in [5.41, 5.74) is 5.38. The van der Waals surface area contributed by atoms with Crippen molar-refractivity contribution in [3.63, 3.8) is 0 Å². The van der Waals surface area contributed by atoms with Gasteiger partial charge in [-0.2, -0.15) is 0 Å². The SMILES string of the molecule is COc1cc(OC)c(OCCN)c(OC)c1. The molecule has 2 N–H and O–H groups in total. The van der Waals surface area contributed by atoms with E-state index in [1.807, 2.05) is 0 Å². The molecule has 0 fully saturated rings. The van der Waals surface area contributed by atoms with Crippen molar-refractivity contribution in [1.29, 1.82) is 0 Å². The minimum atomic E-state index is 0.402. The van der Waals surface area contributed by atoms with Gasteiger partial charge in [0.1, 0.15) is 12.4 Å². The molecule has 5 heteroatoms. The Morgan fingerprint density at radius 1 is 1.00 bits per heavy atom. The third-order valence-corrected chi connectivity index (χ3v) is 2.03. The molecule has 0 atom stereocenters. The Morgan fingerprint density at radius 3 is 1.94 bits per heavy atom. The minimum Gasteiger partial charge on any atom is -0.496 e. The van der Waals surface area contributed by atoms with Gasteiger partial charge in [0.2, 0.25) is 5.75 Å². The van der Waals surface area contributed by atoms with Gasteiger partial charge in [-0.3, -0.25) is 0 Å². The van der Waals surface area contributed by atoms with Crippen molar-refractivity contribution in [2.24, 2.45) is 5.73 Å². The highest BCUT2D eigenvalue weighted by Crippen LogP contribution is 2.40. The maximum absolute atomic E-state index is 5.47. The Bertz CT molecular complexity index is 316. The summed E-state index contributed by atoms with van der Waals surface area (Å²) in [5.74, 6) is 2.30. The Hall–Kier alpha value is -1.62. The molecule has 0 bridgehead atoms. The third kappa shape index (κ3) is 2.70. The number of methoxy groups -OCH3 is 3. The number of rotatable bonds is 6. The fraction of sp³-hybridized carbons (Fsp3) is 0.455. The number of ether oxygens (including phenoxy) is 4. The number of hydrogen-bond donors (Lipinski definition) is 1. The first-order valence-corrected chi connectivity index (χ1v) is 4.89. The number of hydrogen-bond acceptors (Lipinski definition) is 5. The van der Waals surface area contributed by atoms with Crippen LogP contribution in [0.4, 0.5) is 0 Å². The highest BCUT2D eigenvalue weighted by Gasteiger charge is 2.14. The smallest absolute Gasteiger partial charge is 0.203 e. The van der Waals surface area contributed by atoms with E-state index in [1.54, 1.807) is 33.5 Å². The average Bonchev–Trinajstić information content (AvgIpc) is 2.35. The zero-order valence-corrected chi connectivity index (χ0v) is 9.78. The lowest BCUT2D eigenvalue weighted by molar-refractivity contribution is 0.279. The van der Waals surface area contributed by atoms with Gasteiger partial charge in [-0.25, -0.2) is 0 Å². The van der Waals surface area contributed by atoms with Crippen LogP contribution in [0.25, 0.3) is 0 Å². The van der Waals surface area contributed by atoms with Crippen LogP contribution in [-0.2, 0) is 0 Å². The zero-order chi connectivity index (χ0) is 12.0. The Morgan fingerprint density at radius 2 is 1.56 bits per heavy atom. The van der Waals surface area contributed by atoms with E-state index < -0.39 is 0 Å². The van der Waals surface area contributed by atoms with Gasteiger partial charge in [-0.15, -0.1) is 0 Å². The zero-order valence-electron chi connectivity index (χ0n) is 9.78. The number of nitrogens with two attached hydrogens (primary N) is 1. The van der Waals surface area contributed by atoms with Crippen LogP contribution < -0.4 is 24.7 Å². The van der Waals surface area contributed by atoms with E-state index >= 15 is 0 Å². The molecule has 0 saturated carbocycles. The molecule has 0 radical (unpaired) electrons. The molecule has 0 heterocycles. The summed E-state index contributed by atoms with van der Waals surface area (Å²) >= 11 is 0. The predicted molar refractivity (Wildman–Crippen MR) is 60.6 cm³/mol. The molecule has 0 amide bonds. The lowest BCUT2D eigenvalue weighted by atomic mass is 10.2. The lowest BCUT2D eigenvalue weighted by Gasteiger charge is -2.15. The summed E-state index contributed by atoms with van der Waals surface area (Å²) in [7, 11) is 4.70. The van der Waals surface area contributed by atoms with Crippen molar-refractivity contribution in [3.05, 3.63) is 12.1 Å². The van der Waals surface area contributed by atoms with Crippen LogP contribution in [0.2, 0.25) is 0 Å². The Balaban J connectivity index is 3.09. The van der Waals surface area contributed by atoms with E-state index in [1.165, 1.54) is 0 Å². The van der Waals surface area contributed by atoms with Gasteiger partial charge in [0.25, 0.3) is 0 Å². The van der Waals surface area contributed by atoms with E-state index in [2.05, 4.69) is 0 Å². The fourth-order valence-corrected chi connectivity index (χ4v) is 1.28. The quantitative estimate of drug-likeness (QED) is 0.787. The fourth-order valence-electron chi connectivity index (χ4n) is 1.28. The standard InChI is InChI=1S/C11H17NO4/c1-13-8-6-9(14-2)11(16-5-4-12)10(7-8)15-3/h6-7H,4-5,12H2,1-3H3. The molecule has 1 rings (SSSR count). The second-order valence-electron chi connectivity index (χ2n) is 3.00. The van der Waals surface area contributed by atoms with Gasteiger partial charge < -0.3 is 24.7 Å². The highest BCUT2D eigenvalue weighted by atomic mass is 16.5. The van der Waals surface area contributed by atoms with Crippen LogP contribution in [0.15, 0.2) is 12.1 Å². The minimum absolute atomic E-state index is 0.402. The van der Waals surface area contributed by atoms with Crippen molar-refractivity contribution >= 4 is 0 Å². The van der Waals surface area contributed by atoms with Crippen LogP contribution in [0, 0.1) is 0 Å². The number of benzene rings is 1. The van der Waals surface area contributed by atoms with Gasteiger partial charge >= 0.3 is 0 Å². The molecule has 5 nitrogen and oxygen atoms in total. The molecule has 0 aliphatic heterocycles. The van der Waals surface area contributed by atoms with Crippen LogP contribution in [0.1, 0.15) is 0 Å². The molecule has 0 saturated heterocycles. The van der Waals surface area contributed by atoms with Crippen LogP contribution in [0.5, 0.6) is 23.0 Å². The molecule has 0 aliphatic carbocycles. The topological polar surface area (TPSA) is 62.9 Å². The van der Waals surface area contributed by atoms with Gasteiger partial charge in [0.15, 0.2) is 11.5 Å². The maximum Gasteiger partial charge on any atom is 0.203 e. The average molecular weight is 227 g/mol. The van der Waals surface area contributed by atoms with Crippen molar-refractivity contribution in [2.75, 3.05) is 34.5 Å². The summed E-state index contributed by atoms with van der Waals surface area (Å²) in [6.07, 6.45) is 0. The summed E-state index contributed by atoms with van der Waals surface area (Å²) in [5, 5.41) is 0. The normalized spacial score (nSPS) is 9.75. The maximum atomic E-state index is 5.47. The van der Waals surface area contributed by atoms with Crippen molar-refractivity contribution in [1.82, 2.24) is 0 Å². The Labute approximate surface area is 95.1 Å². The lowest BCUT2D eigenvalue weighted by Crippen LogP contribution is -2.11. The highest BCUT2D eigenvalue weighted by molar-refractivity contribution is 5.55. The first kappa shape index (κ1) is 12.4. The van der Waals surface area contributed by atoms with Crippen LogP contribution in [0.3, 0.4) is 0 Å². The van der Waals surface area contributed by atoms with Gasteiger partial charge in [0, 0.05) is 18.7 Å². The molecular formula is C11H17NO4.